The summed E-state index contributed by atoms with van der Waals surface area (Å²) in [5.74, 6) is 1.43. The number of nitrogens with zero attached hydrogens (tertiary/aromatic N) is 2. The van der Waals surface area contributed by atoms with E-state index >= 15 is 0 Å². The Hall–Kier alpha value is -2.82. The maximum absolute atomic E-state index is 5.66. The molecule has 0 fully saturated rings. The third-order valence-electron chi connectivity index (χ3n) is 2.86. The lowest BCUT2D eigenvalue weighted by Gasteiger charge is -1.98. The summed E-state index contributed by atoms with van der Waals surface area (Å²) in [6, 6.07) is 15.0. The van der Waals surface area contributed by atoms with Gasteiger partial charge in [-0.15, -0.1) is 10.2 Å². The topological polar surface area (TPSA) is 93.6 Å². The smallest absolute Gasteiger partial charge is 0.161 e. The molecular weight excluding hydrogens is 238 g/mol. The molecule has 0 spiro atoms. The van der Waals surface area contributed by atoms with Crippen LogP contribution in [-0.4, -0.2) is 15.2 Å². The van der Waals surface area contributed by atoms with E-state index in [1.165, 1.54) is 0 Å². The summed E-state index contributed by atoms with van der Waals surface area (Å²) in [4.78, 5) is 3.18. The van der Waals surface area contributed by atoms with E-state index in [-0.39, 0.29) is 0 Å². The highest BCUT2D eigenvalue weighted by atomic mass is 15.2. The van der Waals surface area contributed by atoms with Crippen LogP contribution in [0.5, 0.6) is 0 Å². The third-order valence-corrected chi connectivity index (χ3v) is 2.86. The van der Waals surface area contributed by atoms with Crippen molar-refractivity contribution >= 4 is 11.4 Å². The van der Waals surface area contributed by atoms with Crippen LogP contribution in [0.2, 0.25) is 0 Å². The Morgan fingerprint density at radius 2 is 1.00 bits per heavy atom. The van der Waals surface area contributed by atoms with E-state index in [0.29, 0.717) is 11.6 Å². The first-order valence-corrected chi connectivity index (χ1v) is 5.87. The number of nitrogens with one attached hydrogen (secondary N) is 1. The summed E-state index contributed by atoms with van der Waals surface area (Å²) in [5, 5.41) is 8.27. The number of rotatable bonds is 2. The Bertz CT molecular complexity index is 623. The molecule has 1 aromatic heterocycles. The Kier molecular flexibility index (Phi) is 2.64. The maximum atomic E-state index is 5.66. The number of H-pyrrole nitrogens is 1. The summed E-state index contributed by atoms with van der Waals surface area (Å²) >= 11 is 0. The van der Waals surface area contributed by atoms with E-state index in [9.17, 15) is 0 Å². The van der Waals surface area contributed by atoms with Gasteiger partial charge in [0.05, 0.1) is 0 Å². The van der Waals surface area contributed by atoms with Gasteiger partial charge in [0.1, 0.15) is 0 Å². The lowest BCUT2D eigenvalue weighted by molar-refractivity contribution is 1.10. The molecule has 19 heavy (non-hydrogen) atoms. The lowest BCUT2D eigenvalue weighted by atomic mass is 10.2. The molecule has 94 valence electrons. The van der Waals surface area contributed by atoms with Crippen LogP contribution in [-0.2, 0) is 0 Å². The number of hydrogen-bond acceptors (Lipinski definition) is 4. The predicted molar refractivity (Wildman–Crippen MR) is 76.1 cm³/mol. The van der Waals surface area contributed by atoms with Gasteiger partial charge in [-0.3, -0.25) is 0 Å². The van der Waals surface area contributed by atoms with Crippen molar-refractivity contribution < 1.29 is 0 Å². The summed E-state index contributed by atoms with van der Waals surface area (Å²) in [6.07, 6.45) is 0. The first-order valence-electron chi connectivity index (χ1n) is 5.87. The Morgan fingerprint density at radius 3 is 1.37 bits per heavy atom. The standard InChI is InChI=1S/C14H13N5/c15-11-5-1-9(2-6-11)13-17-14(19-18-13)10-3-7-12(16)8-4-10/h1-8H,15-16H2,(H,17,18,19). The van der Waals surface area contributed by atoms with E-state index in [1.807, 2.05) is 48.5 Å². The highest BCUT2D eigenvalue weighted by Gasteiger charge is 2.06. The number of aromatic nitrogens is 3. The summed E-state index contributed by atoms with van der Waals surface area (Å²) in [7, 11) is 0. The molecule has 3 aromatic rings. The van der Waals surface area contributed by atoms with Crippen LogP contribution in [0.4, 0.5) is 11.4 Å². The van der Waals surface area contributed by atoms with E-state index in [1.54, 1.807) is 0 Å². The Morgan fingerprint density at radius 1 is 0.632 bits per heavy atom. The summed E-state index contributed by atoms with van der Waals surface area (Å²) < 4.78 is 0. The van der Waals surface area contributed by atoms with Gasteiger partial charge in [0.25, 0.3) is 0 Å². The summed E-state index contributed by atoms with van der Waals surface area (Å²) in [6.45, 7) is 0. The molecule has 0 saturated carbocycles. The number of hydrogen-bond donors (Lipinski definition) is 3. The fourth-order valence-corrected chi connectivity index (χ4v) is 1.80. The number of anilines is 2. The monoisotopic (exact) mass is 251 g/mol. The second kappa shape index (κ2) is 4.45. The molecule has 0 aliphatic heterocycles. The van der Waals surface area contributed by atoms with Crippen LogP contribution < -0.4 is 11.5 Å². The van der Waals surface area contributed by atoms with Gasteiger partial charge in [0, 0.05) is 22.5 Å². The molecule has 0 aliphatic carbocycles. The molecule has 0 bridgehead atoms. The zero-order valence-corrected chi connectivity index (χ0v) is 10.2. The Balaban J connectivity index is 1.95. The lowest BCUT2D eigenvalue weighted by Crippen LogP contribution is -1.86. The van der Waals surface area contributed by atoms with E-state index < -0.39 is 0 Å². The second-order valence-corrected chi connectivity index (χ2v) is 4.27. The van der Waals surface area contributed by atoms with E-state index in [2.05, 4.69) is 15.2 Å². The fourth-order valence-electron chi connectivity index (χ4n) is 1.80. The fraction of sp³-hybridized carbons (Fsp3) is 0. The average molecular weight is 251 g/mol. The molecule has 0 unspecified atom stereocenters. The van der Waals surface area contributed by atoms with Crippen molar-refractivity contribution in [1.82, 2.24) is 15.2 Å². The molecule has 3 rings (SSSR count). The molecule has 5 nitrogen and oxygen atoms in total. The van der Waals surface area contributed by atoms with Crippen LogP contribution in [0.1, 0.15) is 0 Å². The van der Waals surface area contributed by atoms with Crippen molar-refractivity contribution in [3.05, 3.63) is 48.5 Å². The van der Waals surface area contributed by atoms with Crippen molar-refractivity contribution in [3.63, 3.8) is 0 Å². The molecule has 1 heterocycles. The largest absolute Gasteiger partial charge is 0.399 e. The van der Waals surface area contributed by atoms with Crippen molar-refractivity contribution in [2.75, 3.05) is 11.5 Å². The van der Waals surface area contributed by atoms with Crippen molar-refractivity contribution in [2.24, 2.45) is 0 Å². The zero-order chi connectivity index (χ0) is 13.2. The van der Waals surface area contributed by atoms with Crippen LogP contribution in [0.3, 0.4) is 0 Å². The van der Waals surface area contributed by atoms with Gasteiger partial charge < -0.3 is 16.5 Å². The third kappa shape index (κ3) is 2.26. The van der Waals surface area contributed by atoms with E-state index in [4.69, 9.17) is 11.5 Å². The highest BCUT2D eigenvalue weighted by Crippen LogP contribution is 2.21. The van der Waals surface area contributed by atoms with Crippen molar-refractivity contribution in [3.8, 4) is 22.8 Å². The van der Waals surface area contributed by atoms with Crippen molar-refractivity contribution in [1.29, 1.82) is 0 Å². The minimum absolute atomic E-state index is 0.715. The number of aromatic amines is 1. The van der Waals surface area contributed by atoms with Gasteiger partial charge in [-0.2, -0.15) is 0 Å². The molecule has 0 amide bonds. The quantitative estimate of drug-likeness (QED) is 0.609. The second-order valence-electron chi connectivity index (χ2n) is 4.27. The molecule has 0 atom stereocenters. The maximum Gasteiger partial charge on any atom is 0.161 e. The van der Waals surface area contributed by atoms with Crippen molar-refractivity contribution in [2.45, 2.75) is 0 Å². The van der Waals surface area contributed by atoms with Crippen LogP contribution >= 0.6 is 0 Å². The molecular formula is C14H13N5. The van der Waals surface area contributed by atoms with Gasteiger partial charge >= 0.3 is 0 Å². The van der Waals surface area contributed by atoms with Gasteiger partial charge in [0.2, 0.25) is 0 Å². The minimum Gasteiger partial charge on any atom is -0.399 e. The molecule has 5 heteroatoms. The zero-order valence-electron chi connectivity index (χ0n) is 10.2. The highest BCUT2D eigenvalue weighted by molar-refractivity contribution is 5.63. The summed E-state index contributed by atoms with van der Waals surface area (Å²) in [5.41, 5.74) is 14.7. The van der Waals surface area contributed by atoms with Gasteiger partial charge in [0.15, 0.2) is 11.6 Å². The molecule has 2 aromatic carbocycles. The van der Waals surface area contributed by atoms with Crippen LogP contribution in [0.25, 0.3) is 22.8 Å². The predicted octanol–water partition coefficient (Wildman–Crippen LogP) is 2.30. The normalized spacial score (nSPS) is 10.5. The molecule has 5 N–H and O–H groups in total. The first-order chi connectivity index (χ1) is 9.22. The van der Waals surface area contributed by atoms with Gasteiger partial charge in [-0.25, -0.2) is 0 Å². The number of nitrogens with two attached hydrogens (primary N) is 2. The van der Waals surface area contributed by atoms with Crippen LogP contribution in [0.15, 0.2) is 48.5 Å². The van der Waals surface area contributed by atoms with Gasteiger partial charge in [-0.1, -0.05) is 0 Å². The molecule has 0 aliphatic rings. The molecule has 0 radical (unpaired) electrons. The number of nitrogen functional groups attached to an aromatic ring is 2. The minimum atomic E-state index is 0.715. The average Bonchev–Trinajstić information content (AvgIpc) is 2.90. The van der Waals surface area contributed by atoms with Gasteiger partial charge in [-0.05, 0) is 48.5 Å². The number of benzene rings is 2. The first kappa shape index (κ1) is 11.3. The van der Waals surface area contributed by atoms with Crippen LogP contribution in [0, 0.1) is 0 Å². The van der Waals surface area contributed by atoms with E-state index in [0.717, 1.165) is 22.5 Å². The molecule has 0 saturated heterocycles. The Labute approximate surface area is 110 Å². The SMILES string of the molecule is Nc1ccc(-c2nnc(-c3ccc(N)cc3)[nH]2)cc1.